The molecular formula is C11H20F2O. The maximum absolute atomic E-state index is 12.8. The summed E-state index contributed by atoms with van der Waals surface area (Å²) in [5, 5.41) is 0. The third-order valence-corrected chi connectivity index (χ3v) is 2.61. The summed E-state index contributed by atoms with van der Waals surface area (Å²) < 4.78 is 30.7. The van der Waals surface area contributed by atoms with E-state index in [0.29, 0.717) is 5.76 Å². The van der Waals surface area contributed by atoms with Crippen LogP contribution in [0.5, 0.6) is 0 Å². The van der Waals surface area contributed by atoms with E-state index in [2.05, 4.69) is 6.58 Å². The average molecular weight is 206 g/mol. The van der Waals surface area contributed by atoms with Gasteiger partial charge >= 0.3 is 0 Å². The SMILES string of the molecule is C=C(OCC(F)(F)CC)C(C)(C)CC. The van der Waals surface area contributed by atoms with Crippen LogP contribution in [0.2, 0.25) is 0 Å². The molecular weight excluding hydrogens is 186 g/mol. The van der Waals surface area contributed by atoms with Gasteiger partial charge in [0.15, 0.2) is 6.61 Å². The van der Waals surface area contributed by atoms with Crippen molar-refractivity contribution in [3.8, 4) is 0 Å². The zero-order chi connectivity index (χ0) is 11.4. The van der Waals surface area contributed by atoms with Crippen LogP contribution < -0.4 is 0 Å². The quantitative estimate of drug-likeness (QED) is 0.597. The highest BCUT2D eigenvalue weighted by Crippen LogP contribution is 2.31. The van der Waals surface area contributed by atoms with E-state index in [0.717, 1.165) is 6.42 Å². The van der Waals surface area contributed by atoms with Crippen LogP contribution in [0.3, 0.4) is 0 Å². The molecule has 0 atom stereocenters. The fourth-order valence-electron chi connectivity index (χ4n) is 0.687. The highest BCUT2D eigenvalue weighted by atomic mass is 19.3. The molecule has 0 saturated heterocycles. The molecule has 0 aliphatic heterocycles. The summed E-state index contributed by atoms with van der Waals surface area (Å²) in [4.78, 5) is 0. The van der Waals surface area contributed by atoms with Crippen molar-refractivity contribution in [3.05, 3.63) is 12.3 Å². The second kappa shape index (κ2) is 4.76. The molecule has 0 aliphatic carbocycles. The number of ether oxygens (including phenoxy) is 1. The van der Waals surface area contributed by atoms with Gasteiger partial charge in [-0.15, -0.1) is 0 Å². The topological polar surface area (TPSA) is 9.23 Å². The number of allylic oxidation sites excluding steroid dienone is 1. The lowest BCUT2D eigenvalue weighted by molar-refractivity contribution is -0.0700. The van der Waals surface area contributed by atoms with E-state index in [-0.39, 0.29) is 11.8 Å². The summed E-state index contributed by atoms with van der Waals surface area (Å²) in [6, 6.07) is 0. The molecule has 1 nitrogen and oxygen atoms in total. The molecule has 0 aliphatic rings. The summed E-state index contributed by atoms with van der Waals surface area (Å²) in [7, 11) is 0. The first-order valence-electron chi connectivity index (χ1n) is 4.95. The van der Waals surface area contributed by atoms with Crippen molar-refractivity contribution in [2.45, 2.75) is 46.5 Å². The third kappa shape index (κ3) is 4.07. The Labute approximate surface area is 85.1 Å². The molecule has 3 heteroatoms. The Morgan fingerprint density at radius 3 is 2.07 bits per heavy atom. The van der Waals surface area contributed by atoms with Gasteiger partial charge in [0.25, 0.3) is 5.92 Å². The smallest absolute Gasteiger partial charge is 0.281 e. The lowest BCUT2D eigenvalue weighted by Gasteiger charge is -2.27. The lowest BCUT2D eigenvalue weighted by Crippen LogP contribution is -2.25. The summed E-state index contributed by atoms with van der Waals surface area (Å²) in [5.41, 5.74) is -0.232. The minimum absolute atomic E-state index is 0.202. The molecule has 0 rings (SSSR count). The minimum atomic E-state index is -2.74. The van der Waals surface area contributed by atoms with Crippen molar-refractivity contribution in [3.63, 3.8) is 0 Å². The van der Waals surface area contributed by atoms with E-state index in [4.69, 9.17) is 4.74 Å². The standard InChI is InChI=1S/C11H20F2O/c1-6-10(4,5)9(3)14-8-11(12,13)7-2/h3,6-8H2,1-2,4-5H3. The molecule has 14 heavy (non-hydrogen) atoms. The Balaban J connectivity index is 4.10. The minimum Gasteiger partial charge on any atom is -0.492 e. The zero-order valence-corrected chi connectivity index (χ0v) is 9.49. The van der Waals surface area contributed by atoms with E-state index < -0.39 is 12.5 Å². The predicted octanol–water partition coefficient (Wildman–Crippen LogP) is 4.00. The van der Waals surface area contributed by atoms with Gasteiger partial charge in [0.2, 0.25) is 0 Å². The largest absolute Gasteiger partial charge is 0.492 e. The summed E-state index contributed by atoms with van der Waals surface area (Å²) >= 11 is 0. The Hall–Kier alpha value is -0.600. The van der Waals surface area contributed by atoms with Crippen molar-refractivity contribution in [2.24, 2.45) is 5.41 Å². The molecule has 0 saturated carbocycles. The Morgan fingerprint density at radius 1 is 1.21 bits per heavy atom. The van der Waals surface area contributed by atoms with Gasteiger partial charge in [0, 0.05) is 11.8 Å². The molecule has 0 amide bonds. The highest BCUT2D eigenvalue weighted by Gasteiger charge is 2.29. The molecule has 0 aromatic heterocycles. The maximum atomic E-state index is 12.8. The van der Waals surface area contributed by atoms with E-state index in [1.807, 2.05) is 20.8 Å². The molecule has 0 radical (unpaired) electrons. The number of hydrogen-bond donors (Lipinski definition) is 0. The predicted molar refractivity (Wildman–Crippen MR) is 54.4 cm³/mol. The van der Waals surface area contributed by atoms with Crippen molar-refractivity contribution < 1.29 is 13.5 Å². The molecule has 0 bridgehead atoms. The van der Waals surface area contributed by atoms with Gasteiger partial charge in [-0.1, -0.05) is 34.3 Å². The third-order valence-electron chi connectivity index (χ3n) is 2.61. The number of rotatable bonds is 6. The van der Waals surface area contributed by atoms with E-state index >= 15 is 0 Å². The highest BCUT2D eigenvalue weighted by molar-refractivity contribution is 4.98. The van der Waals surface area contributed by atoms with Crippen LogP contribution in [0, 0.1) is 5.41 Å². The first-order valence-corrected chi connectivity index (χ1v) is 4.95. The van der Waals surface area contributed by atoms with Crippen LogP contribution in [0.1, 0.15) is 40.5 Å². The van der Waals surface area contributed by atoms with E-state index in [9.17, 15) is 8.78 Å². The zero-order valence-electron chi connectivity index (χ0n) is 9.49. The summed E-state index contributed by atoms with van der Waals surface area (Å²) in [6.07, 6.45) is 0.621. The van der Waals surface area contributed by atoms with Crippen molar-refractivity contribution in [1.29, 1.82) is 0 Å². The van der Waals surface area contributed by atoms with Gasteiger partial charge in [-0.25, -0.2) is 8.78 Å². The summed E-state index contributed by atoms with van der Waals surface area (Å²) in [6.45, 7) is 10.4. The molecule has 0 N–H and O–H groups in total. The molecule has 0 unspecified atom stereocenters. The lowest BCUT2D eigenvalue weighted by atomic mass is 9.88. The molecule has 0 aromatic carbocycles. The van der Waals surface area contributed by atoms with Crippen LogP contribution in [-0.4, -0.2) is 12.5 Å². The van der Waals surface area contributed by atoms with Crippen LogP contribution >= 0.6 is 0 Å². The van der Waals surface area contributed by atoms with Crippen molar-refractivity contribution in [1.82, 2.24) is 0 Å². The number of halogens is 2. The van der Waals surface area contributed by atoms with E-state index in [1.165, 1.54) is 6.92 Å². The van der Waals surface area contributed by atoms with Crippen LogP contribution in [-0.2, 0) is 4.74 Å². The molecule has 0 spiro atoms. The van der Waals surface area contributed by atoms with Gasteiger partial charge in [0.1, 0.15) is 0 Å². The second-order valence-corrected chi connectivity index (χ2v) is 4.16. The number of alkyl halides is 2. The summed E-state index contributed by atoms with van der Waals surface area (Å²) in [5.74, 6) is -2.31. The first-order chi connectivity index (χ1) is 6.25. The van der Waals surface area contributed by atoms with Gasteiger partial charge in [-0.3, -0.25) is 0 Å². The molecule has 0 aromatic rings. The maximum Gasteiger partial charge on any atom is 0.281 e. The first kappa shape index (κ1) is 13.4. The Kier molecular flexibility index (Phi) is 4.56. The van der Waals surface area contributed by atoms with Gasteiger partial charge in [-0.2, -0.15) is 0 Å². The van der Waals surface area contributed by atoms with Gasteiger partial charge in [0.05, 0.1) is 5.76 Å². The van der Waals surface area contributed by atoms with Crippen LogP contribution in [0.4, 0.5) is 8.78 Å². The van der Waals surface area contributed by atoms with Crippen molar-refractivity contribution >= 4 is 0 Å². The van der Waals surface area contributed by atoms with Gasteiger partial charge < -0.3 is 4.74 Å². The molecule has 0 heterocycles. The fraction of sp³-hybridized carbons (Fsp3) is 0.818. The normalized spacial score (nSPS) is 12.7. The Morgan fingerprint density at radius 2 is 1.71 bits per heavy atom. The van der Waals surface area contributed by atoms with E-state index in [1.54, 1.807) is 0 Å². The van der Waals surface area contributed by atoms with Crippen molar-refractivity contribution in [2.75, 3.05) is 6.61 Å². The monoisotopic (exact) mass is 206 g/mol. The van der Waals surface area contributed by atoms with Crippen LogP contribution in [0.25, 0.3) is 0 Å². The second-order valence-electron chi connectivity index (χ2n) is 4.16. The Bertz CT molecular complexity index is 197. The fourth-order valence-corrected chi connectivity index (χ4v) is 0.687. The molecule has 0 fully saturated rings. The van der Waals surface area contributed by atoms with Crippen LogP contribution in [0.15, 0.2) is 12.3 Å². The molecule has 84 valence electrons. The number of hydrogen-bond acceptors (Lipinski definition) is 1. The average Bonchev–Trinajstić information content (AvgIpc) is 2.14. The van der Waals surface area contributed by atoms with Gasteiger partial charge in [-0.05, 0) is 6.42 Å².